The predicted molar refractivity (Wildman–Crippen MR) is 101 cm³/mol. The molecule has 5 heteroatoms. The van der Waals surface area contributed by atoms with E-state index >= 15 is 0 Å². The van der Waals surface area contributed by atoms with E-state index in [1.165, 1.54) is 5.56 Å². The van der Waals surface area contributed by atoms with Crippen molar-refractivity contribution in [2.75, 3.05) is 13.2 Å². The van der Waals surface area contributed by atoms with Gasteiger partial charge in [-0.2, -0.15) is 0 Å². The van der Waals surface area contributed by atoms with Crippen LogP contribution in [0.25, 0.3) is 16.9 Å². The standard InChI is InChI=1S/C21H23N3O2/c1-14-5-8-16(9-6-14)19-20(21(25)22-12-17-4-3-11-26-17)24-13-15(2)7-10-18(24)23-19/h5-10,13,17H,3-4,11-12H2,1-2H3,(H,22,25). The van der Waals surface area contributed by atoms with Crippen LogP contribution in [-0.4, -0.2) is 34.5 Å². The molecule has 0 aliphatic carbocycles. The van der Waals surface area contributed by atoms with Gasteiger partial charge in [0.2, 0.25) is 0 Å². The summed E-state index contributed by atoms with van der Waals surface area (Å²) in [6.45, 7) is 5.38. The molecular formula is C21H23N3O2. The van der Waals surface area contributed by atoms with Crippen LogP contribution >= 0.6 is 0 Å². The van der Waals surface area contributed by atoms with Crippen molar-refractivity contribution < 1.29 is 9.53 Å². The van der Waals surface area contributed by atoms with Crippen LogP contribution in [0.3, 0.4) is 0 Å². The Balaban J connectivity index is 1.74. The predicted octanol–water partition coefficient (Wildman–Crippen LogP) is 3.53. The van der Waals surface area contributed by atoms with Crippen molar-refractivity contribution in [1.82, 2.24) is 14.7 Å². The van der Waals surface area contributed by atoms with Gasteiger partial charge in [0.15, 0.2) is 0 Å². The number of hydrogen-bond donors (Lipinski definition) is 1. The third-order valence-electron chi connectivity index (χ3n) is 4.82. The van der Waals surface area contributed by atoms with Crippen LogP contribution in [0.4, 0.5) is 0 Å². The maximum Gasteiger partial charge on any atom is 0.270 e. The van der Waals surface area contributed by atoms with Crippen molar-refractivity contribution in [1.29, 1.82) is 0 Å². The van der Waals surface area contributed by atoms with E-state index in [9.17, 15) is 4.79 Å². The summed E-state index contributed by atoms with van der Waals surface area (Å²) in [7, 11) is 0. The van der Waals surface area contributed by atoms with E-state index in [0.29, 0.717) is 17.9 Å². The molecule has 1 atom stereocenters. The largest absolute Gasteiger partial charge is 0.376 e. The van der Waals surface area contributed by atoms with Crippen LogP contribution in [0.2, 0.25) is 0 Å². The monoisotopic (exact) mass is 349 g/mol. The summed E-state index contributed by atoms with van der Waals surface area (Å²) >= 11 is 0. The number of imidazole rings is 1. The van der Waals surface area contributed by atoms with Crippen LogP contribution in [0.1, 0.15) is 34.5 Å². The van der Waals surface area contributed by atoms with Gasteiger partial charge >= 0.3 is 0 Å². The second-order valence-electron chi connectivity index (χ2n) is 6.95. The molecule has 1 saturated heterocycles. The Morgan fingerprint density at radius 2 is 1.96 bits per heavy atom. The Morgan fingerprint density at radius 3 is 2.69 bits per heavy atom. The van der Waals surface area contributed by atoms with Gasteiger partial charge in [-0.05, 0) is 38.3 Å². The number of aryl methyl sites for hydroxylation is 2. The summed E-state index contributed by atoms with van der Waals surface area (Å²) in [5.41, 5.74) is 5.26. The highest BCUT2D eigenvalue weighted by atomic mass is 16.5. The second-order valence-corrected chi connectivity index (χ2v) is 6.95. The Morgan fingerprint density at radius 1 is 1.19 bits per heavy atom. The Labute approximate surface area is 153 Å². The van der Waals surface area contributed by atoms with Crippen molar-refractivity contribution in [3.05, 3.63) is 59.4 Å². The fourth-order valence-electron chi connectivity index (χ4n) is 3.38. The number of ether oxygens (including phenoxy) is 1. The number of carbonyl (C=O) groups is 1. The number of nitrogens with one attached hydrogen (secondary N) is 1. The number of carbonyl (C=O) groups excluding carboxylic acids is 1. The third kappa shape index (κ3) is 3.22. The van der Waals surface area contributed by atoms with Gasteiger partial charge in [-0.25, -0.2) is 4.98 Å². The number of amides is 1. The summed E-state index contributed by atoms with van der Waals surface area (Å²) in [5, 5.41) is 3.04. The number of nitrogens with zero attached hydrogens (tertiary/aromatic N) is 2. The quantitative estimate of drug-likeness (QED) is 0.784. The zero-order valence-corrected chi connectivity index (χ0v) is 15.2. The lowest BCUT2D eigenvalue weighted by atomic mass is 10.1. The summed E-state index contributed by atoms with van der Waals surface area (Å²) in [6, 6.07) is 12.1. The van der Waals surface area contributed by atoms with E-state index in [0.717, 1.165) is 36.2 Å². The highest BCUT2D eigenvalue weighted by molar-refractivity contribution is 5.99. The normalized spacial score (nSPS) is 16.9. The summed E-state index contributed by atoms with van der Waals surface area (Å²) in [4.78, 5) is 17.7. The first kappa shape index (κ1) is 16.8. The topological polar surface area (TPSA) is 55.6 Å². The zero-order valence-electron chi connectivity index (χ0n) is 15.2. The molecule has 0 radical (unpaired) electrons. The van der Waals surface area contributed by atoms with Crippen molar-refractivity contribution in [2.24, 2.45) is 0 Å². The molecule has 2 aromatic heterocycles. The maximum absolute atomic E-state index is 13.0. The first-order valence-electron chi connectivity index (χ1n) is 9.07. The molecule has 1 unspecified atom stereocenters. The molecule has 5 nitrogen and oxygen atoms in total. The number of benzene rings is 1. The van der Waals surface area contributed by atoms with Gasteiger partial charge in [0.05, 0.1) is 6.10 Å². The first-order chi connectivity index (χ1) is 12.6. The SMILES string of the molecule is Cc1ccc(-c2nc3ccc(C)cn3c2C(=O)NCC2CCCO2)cc1. The fourth-order valence-corrected chi connectivity index (χ4v) is 3.38. The van der Waals surface area contributed by atoms with Crippen LogP contribution in [-0.2, 0) is 4.74 Å². The van der Waals surface area contributed by atoms with E-state index in [1.54, 1.807) is 0 Å². The van der Waals surface area contributed by atoms with Gasteiger partial charge in [0.25, 0.3) is 5.91 Å². The van der Waals surface area contributed by atoms with Crippen molar-refractivity contribution >= 4 is 11.6 Å². The molecule has 1 N–H and O–H groups in total. The molecule has 1 amide bonds. The van der Waals surface area contributed by atoms with Crippen LogP contribution in [0, 0.1) is 13.8 Å². The molecule has 1 aliphatic heterocycles. The molecule has 3 heterocycles. The van der Waals surface area contributed by atoms with Crippen LogP contribution in [0.5, 0.6) is 0 Å². The summed E-state index contributed by atoms with van der Waals surface area (Å²) in [6.07, 6.45) is 4.13. The molecule has 26 heavy (non-hydrogen) atoms. The van der Waals surface area contributed by atoms with Crippen molar-refractivity contribution in [2.45, 2.75) is 32.8 Å². The lowest BCUT2D eigenvalue weighted by Gasteiger charge is -2.12. The van der Waals surface area contributed by atoms with Gasteiger partial charge < -0.3 is 10.1 Å². The van der Waals surface area contributed by atoms with Crippen LogP contribution < -0.4 is 5.32 Å². The Hall–Kier alpha value is -2.66. The van der Waals surface area contributed by atoms with Crippen molar-refractivity contribution in [3.8, 4) is 11.3 Å². The lowest BCUT2D eigenvalue weighted by molar-refractivity contribution is 0.0853. The van der Waals surface area contributed by atoms with Crippen LogP contribution in [0.15, 0.2) is 42.6 Å². The molecule has 1 fully saturated rings. The van der Waals surface area contributed by atoms with Gasteiger partial charge in [0.1, 0.15) is 17.0 Å². The molecule has 4 rings (SSSR count). The molecule has 0 spiro atoms. The van der Waals surface area contributed by atoms with Crippen molar-refractivity contribution in [3.63, 3.8) is 0 Å². The Kier molecular flexibility index (Phi) is 4.47. The molecule has 1 aromatic carbocycles. The number of rotatable bonds is 4. The molecule has 0 bridgehead atoms. The van der Waals surface area contributed by atoms with Gasteiger partial charge in [0, 0.05) is 24.9 Å². The van der Waals surface area contributed by atoms with E-state index in [1.807, 2.05) is 60.8 Å². The summed E-state index contributed by atoms with van der Waals surface area (Å²) in [5.74, 6) is -0.117. The van der Waals surface area contributed by atoms with E-state index in [4.69, 9.17) is 9.72 Å². The minimum Gasteiger partial charge on any atom is -0.376 e. The average Bonchev–Trinajstić information content (AvgIpc) is 3.27. The van der Waals surface area contributed by atoms with Gasteiger partial charge in [-0.3, -0.25) is 9.20 Å². The number of aromatic nitrogens is 2. The first-order valence-corrected chi connectivity index (χ1v) is 9.07. The third-order valence-corrected chi connectivity index (χ3v) is 4.82. The second kappa shape index (κ2) is 6.92. The van der Waals surface area contributed by atoms with Gasteiger partial charge in [-0.15, -0.1) is 0 Å². The maximum atomic E-state index is 13.0. The molecule has 1 aliphatic rings. The molecule has 0 saturated carbocycles. The fraction of sp³-hybridized carbons (Fsp3) is 0.333. The molecular weight excluding hydrogens is 326 g/mol. The van der Waals surface area contributed by atoms with E-state index < -0.39 is 0 Å². The molecule has 134 valence electrons. The smallest absolute Gasteiger partial charge is 0.270 e. The highest BCUT2D eigenvalue weighted by Crippen LogP contribution is 2.25. The van der Waals surface area contributed by atoms with E-state index in [2.05, 4.69) is 5.32 Å². The number of fused-ring (bicyclic) bond motifs is 1. The lowest BCUT2D eigenvalue weighted by Crippen LogP contribution is -2.32. The van der Waals surface area contributed by atoms with E-state index in [-0.39, 0.29) is 12.0 Å². The minimum atomic E-state index is -0.117. The number of hydrogen-bond acceptors (Lipinski definition) is 3. The summed E-state index contributed by atoms with van der Waals surface area (Å²) < 4.78 is 7.50. The molecule has 3 aromatic rings. The minimum absolute atomic E-state index is 0.114. The van der Waals surface area contributed by atoms with Gasteiger partial charge in [-0.1, -0.05) is 35.9 Å². The highest BCUT2D eigenvalue weighted by Gasteiger charge is 2.22. The average molecular weight is 349 g/mol. The number of pyridine rings is 1. The Bertz CT molecular complexity index is 938. The zero-order chi connectivity index (χ0) is 18.1.